The van der Waals surface area contributed by atoms with Crippen LogP contribution in [0.3, 0.4) is 0 Å². The summed E-state index contributed by atoms with van der Waals surface area (Å²) in [5.74, 6) is 0.935. The van der Waals surface area contributed by atoms with Crippen molar-refractivity contribution in [1.29, 1.82) is 0 Å². The van der Waals surface area contributed by atoms with Crippen LogP contribution in [0.15, 0.2) is 53.0 Å². The fourth-order valence-electron chi connectivity index (χ4n) is 2.91. The highest BCUT2D eigenvalue weighted by atomic mass is 79.9. The van der Waals surface area contributed by atoms with E-state index >= 15 is 0 Å². The van der Waals surface area contributed by atoms with Gasteiger partial charge in [0.2, 0.25) is 11.8 Å². The second-order valence-corrected chi connectivity index (χ2v) is 9.37. The number of thioether (sulfide) groups is 1. The second-order valence-electron chi connectivity index (χ2n) is 7.47. The van der Waals surface area contributed by atoms with E-state index in [4.69, 9.17) is 0 Å². The minimum Gasteiger partial charge on any atom is -0.352 e. The van der Waals surface area contributed by atoms with Gasteiger partial charge in [0.1, 0.15) is 6.04 Å². The molecule has 0 aliphatic rings. The number of amides is 2. The first-order valence-corrected chi connectivity index (χ1v) is 11.7. The van der Waals surface area contributed by atoms with E-state index in [2.05, 4.69) is 27.3 Å². The molecule has 4 nitrogen and oxygen atoms in total. The number of carbonyl (C=O) groups is 2. The van der Waals surface area contributed by atoms with Crippen LogP contribution in [0, 0.1) is 6.92 Å². The van der Waals surface area contributed by atoms with Crippen LogP contribution in [0.5, 0.6) is 0 Å². The van der Waals surface area contributed by atoms with Gasteiger partial charge in [-0.1, -0.05) is 57.9 Å². The van der Waals surface area contributed by atoms with Crippen molar-refractivity contribution in [2.24, 2.45) is 0 Å². The lowest BCUT2D eigenvalue weighted by Crippen LogP contribution is -2.49. The van der Waals surface area contributed by atoms with E-state index in [0.717, 1.165) is 21.4 Å². The maximum absolute atomic E-state index is 13.0. The van der Waals surface area contributed by atoms with E-state index in [1.807, 2.05) is 63.2 Å². The van der Waals surface area contributed by atoms with Crippen LogP contribution in [-0.4, -0.2) is 34.6 Å². The van der Waals surface area contributed by atoms with Crippen LogP contribution in [-0.2, 0) is 21.9 Å². The Morgan fingerprint density at radius 2 is 1.76 bits per heavy atom. The number of hydrogen-bond donors (Lipinski definition) is 1. The summed E-state index contributed by atoms with van der Waals surface area (Å²) in [6.45, 7) is 8.09. The van der Waals surface area contributed by atoms with Crippen LogP contribution < -0.4 is 5.32 Å². The molecule has 0 aliphatic carbocycles. The van der Waals surface area contributed by atoms with Gasteiger partial charge in [-0.25, -0.2) is 0 Å². The molecule has 0 heterocycles. The fourth-order valence-corrected chi connectivity index (χ4v) is 4.05. The molecule has 0 radical (unpaired) electrons. The van der Waals surface area contributed by atoms with Gasteiger partial charge in [0.05, 0.1) is 5.75 Å². The number of hydrogen-bond acceptors (Lipinski definition) is 3. The quantitative estimate of drug-likeness (QED) is 0.557. The molecule has 29 heavy (non-hydrogen) atoms. The first-order valence-electron chi connectivity index (χ1n) is 9.74. The zero-order valence-electron chi connectivity index (χ0n) is 17.4. The predicted octanol–water partition coefficient (Wildman–Crippen LogP) is 4.93. The lowest BCUT2D eigenvalue weighted by Gasteiger charge is -2.29. The maximum atomic E-state index is 13.0. The average molecular weight is 477 g/mol. The van der Waals surface area contributed by atoms with E-state index in [-0.39, 0.29) is 17.9 Å². The van der Waals surface area contributed by atoms with Crippen LogP contribution in [0.1, 0.15) is 37.5 Å². The van der Waals surface area contributed by atoms with Crippen molar-refractivity contribution in [3.05, 3.63) is 69.7 Å². The molecule has 2 amide bonds. The molecule has 2 aromatic rings. The highest BCUT2D eigenvalue weighted by Crippen LogP contribution is 2.18. The molecule has 0 fully saturated rings. The Kier molecular flexibility index (Phi) is 9.24. The van der Waals surface area contributed by atoms with E-state index in [1.165, 1.54) is 5.56 Å². The molecule has 0 unspecified atom stereocenters. The Bertz CT molecular complexity index is 824. The van der Waals surface area contributed by atoms with E-state index in [1.54, 1.807) is 23.6 Å². The zero-order valence-corrected chi connectivity index (χ0v) is 19.8. The van der Waals surface area contributed by atoms with Crippen molar-refractivity contribution in [2.75, 3.05) is 5.75 Å². The monoisotopic (exact) mass is 476 g/mol. The smallest absolute Gasteiger partial charge is 0.242 e. The minimum atomic E-state index is -0.529. The molecule has 0 aromatic heterocycles. The molecule has 0 saturated carbocycles. The Balaban J connectivity index is 2.06. The van der Waals surface area contributed by atoms with Gasteiger partial charge in [0.25, 0.3) is 0 Å². The summed E-state index contributed by atoms with van der Waals surface area (Å²) in [5.41, 5.74) is 3.33. The van der Waals surface area contributed by atoms with Gasteiger partial charge in [0.15, 0.2) is 0 Å². The Labute approximate surface area is 186 Å². The van der Waals surface area contributed by atoms with Gasteiger partial charge in [-0.15, -0.1) is 11.8 Å². The van der Waals surface area contributed by atoms with E-state index < -0.39 is 6.04 Å². The Morgan fingerprint density at radius 1 is 1.07 bits per heavy atom. The number of benzene rings is 2. The first-order chi connectivity index (χ1) is 13.8. The molecule has 1 N–H and O–H groups in total. The molecular weight excluding hydrogens is 448 g/mol. The maximum Gasteiger partial charge on any atom is 0.242 e. The van der Waals surface area contributed by atoms with Crippen molar-refractivity contribution < 1.29 is 9.59 Å². The third-order valence-electron chi connectivity index (χ3n) is 4.44. The molecule has 0 aliphatic heterocycles. The molecular formula is C23H29BrN2O2S. The molecule has 0 spiro atoms. The largest absolute Gasteiger partial charge is 0.352 e. The molecule has 2 aromatic carbocycles. The number of nitrogens with zero attached hydrogens (tertiary/aromatic N) is 1. The first kappa shape index (κ1) is 23.5. The van der Waals surface area contributed by atoms with Gasteiger partial charge in [-0.05, 0) is 51.0 Å². The zero-order chi connectivity index (χ0) is 21.4. The topological polar surface area (TPSA) is 49.4 Å². The SMILES string of the molecule is Cc1cccc(CN(C(=O)CSCc2ccc(Br)cc2)[C@H](C)C(=O)NC(C)C)c1. The fraction of sp³-hybridized carbons (Fsp3) is 0.391. The van der Waals surface area contributed by atoms with Crippen LogP contribution in [0.2, 0.25) is 0 Å². The number of nitrogens with one attached hydrogen (secondary N) is 1. The van der Waals surface area contributed by atoms with Crippen molar-refractivity contribution in [3.63, 3.8) is 0 Å². The Hall–Kier alpha value is -1.79. The molecule has 0 bridgehead atoms. The van der Waals surface area contributed by atoms with Gasteiger partial charge in [-0.3, -0.25) is 9.59 Å². The second kappa shape index (κ2) is 11.4. The van der Waals surface area contributed by atoms with Crippen molar-refractivity contribution in [1.82, 2.24) is 10.2 Å². The third kappa shape index (κ3) is 7.86. The highest BCUT2D eigenvalue weighted by molar-refractivity contribution is 9.10. The van der Waals surface area contributed by atoms with Crippen molar-refractivity contribution in [3.8, 4) is 0 Å². The lowest BCUT2D eigenvalue weighted by molar-refractivity contribution is -0.138. The van der Waals surface area contributed by atoms with Gasteiger partial charge < -0.3 is 10.2 Å². The summed E-state index contributed by atoms with van der Waals surface area (Å²) in [5, 5.41) is 2.92. The summed E-state index contributed by atoms with van der Waals surface area (Å²) in [6.07, 6.45) is 0. The predicted molar refractivity (Wildman–Crippen MR) is 125 cm³/mol. The standard InChI is InChI=1S/C23H29BrN2O2S/c1-16(2)25-23(28)18(4)26(13-20-7-5-6-17(3)12-20)22(27)15-29-14-19-8-10-21(24)11-9-19/h5-12,16,18H,13-15H2,1-4H3,(H,25,28)/t18-/m1/s1. The summed E-state index contributed by atoms with van der Waals surface area (Å²) >= 11 is 5.00. The summed E-state index contributed by atoms with van der Waals surface area (Å²) in [6, 6.07) is 15.7. The number of aryl methyl sites for hydroxylation is 1. The Morgan fingerprint density at radius 3 is 2.38 bits per heavy atom. The minimum absolute atomic E-state index is 0.0278. The van der Waals surface area contributed by atoms with Crippen LogP contribution >= 0.6 is 27.7 Å². The lowest BCUT2D eigenvalue weighted by atomic mass is 10.1. The number of rotatable bonds is 9. The van der Waals surface area contributed by atoms with Gasteiger partial charge in [-0.2, -0.15) is 0 Å². The van der Waals surface area contributed by atoms with Gasteiger partial charge in [0, 0.05) is 22.8 Å². The molecule has 0 saturated heterocycles. The average Bonchev–Trinajstić information content (AvgIpc) is 2.66. The summed E-state index contributed by atoms with van der Waals surface area (Å²) < 4.78 is 1.04. The highest BCUT2D eigenvalue weighted by Gasteiger charge is 2.26. The molecule has 2 rings (SSSR count). The molecule has 6 heteroatoms. The van der Waals surface area contributed by atoms with Crippen molar-refractivity contribution in [2.45, 2.75) is 52.1 Å². The summed E-state index contributed by atoms with van der Waals surface area (Å²) in [7, 11) is 0. The summed E-state index contributed by atoms with van der Waals surface area (Å²) in [4.78, 5) is 27.3. The van der Waals surface area contributed by atoms with E-state index in [0.29, 0.717) is 12.3 Å². The van der Waals surface area contributed by atoms with Crippen LogP contribution in [0.25, 0.3) is 0 Å². The van der Waals surface area contributed by atoms with E-state index in [9.17, 15) is 9.59 Å². The van der Waals surface area contributed by atoms with Gasteiger partial charge >= 0.3 is 0 Å². The number of halogens is 1. The number of carbonyl (C=O) groups excluding carboxylic acids is 2. The molecule has 156 valence electrons. The van der Waals surface area contributed by atoms with Crippen LogP contribution in [0.4, 0.5) is 0 Å². The molecule has 1 atom stereocenters. The third-order valence-corrected chi connectivity index (χ3v) is 5.96. The van der Waals surface area contributed by atoms with Crippen molar-refractivity contribution >= 4 is 39.5 Å². The normalized spacial score (nSPS) is 11.9.